The Kier molecular flexibility index (Phi) is 19.3. The molecule has 460 valence electrons. The molecular formula is C65H82Cl2N10O8S. The van der Waals surface area contributed by atoms with Crippen molar-refractivity contribution in [2.45, 2.75) is 155 Å². The number of anilines is 3. The molecular weight excluding hydrogens is 1150 g/mol. The Labute approximate surface area is 515 Å². The highest BCUT2D eigenvalue weighted by atomic mass is 35.5. The summed E-state index contributed by atoms with van der Waals surface area (Å²) in [7, 11) is -3.95. The number of benzene rings is 2. The van der Waals surface area contributed by atoms with E-state index in [0.29, 0.717) is 96.9 Å². The number of nitrogens with zero attached hydrogens (tertiary/aromatic N) is 9. The van der Waals surface area contributed by atoms with Crippen LogP contribution in [0.4, 0.5) is 17.5 Å². The van der Waals surface area contributed by atoms with E-state index in [1.165, 1.54) is 11.2 Å². The Morgan fingerprint density at radius 1 is 0.779 bits per heavy atom. The van der Waals surface area contributed by atoms with Crippen LogP contribution in [0.1, 0.15) is 169 Å². The number of ketones is 1. The Morgan fingerprint density at radius 2 is 1.40 bits per heavy atom. The van der Waals surface area contributed by atoms with Crippen LogP contribution < -0.4 is 15.8 Å². The summed E-state index contributed by atoms with van der Waals surface area (Å²) in [6.07, 6.45) is 16.9. The molecule has 1 spiro atoms. The van der Waals surface area contributed by atoms with Crippen LogP contribution in [-0.4, -0.2) is 140 Å². The lowest BCUT2D eigenvalue weighted by atomic mass is 9.61. The fourth-order valence-corrected chi connectivity index (χ4v) is 16.1. The van der Waals surface area contributed by atoms with E-state index >= 15 is 4.79 Å². The van der Waals surface area contributed by atoms with Crippen LogP contribution in [0, 0.1) is 17.8 Å². The highest BCUT2D eigenvalue weighted by Gasteiger charge is 2.58. The van der Waals surface area contributed by atoms with Gasteiger partial charge in [0.2, 0.25) is 33.7 Å². The van der Waals surface area contributed by atoms with Crippen LogP contribution in [-0.2, 0) is 24.4 Å². The van der Waals surface area contributed by atoms with Crippen molar-refractivity contribution in [1.29, 1.82) is 0 Å². The van der Waals surface area contributed by atoms with E-state index in [1.54, 1.807) is 58.0 Å². The van der Waals surface area contributed by atoms with Crippen molar-refractivity contribution in [3.8, 4) is 0 Å². The predicted molar refractivity (Wildman–Crippen MR) is 337 cm³/mol. The summed E-state index contributed by atoms with van der Waals surface area (Å²) in [6, 6.07) is 17.5. The van der Waals surface area contributed by atoms with E-state index in [0.717, 1.165) is 87.4 Å². The van der Waals surface area contributed by atoms with Gasteiger partial charge in [0.05, 0.1) is 46.5 Å². The number of Topliss-reactive ketones (excluding diaryl/α,β-unsaturated/α-hetero) is 1. The third kappa shape index (κ3) is 13.8. The van der Waals surface area contributed by atoms with Gasteiger partial charge in [0.1, 0.15) is 11.5 Å². The van der Waals surface area contributed by atoms with Gasteiger partial charge >= 0.3 is 0 Å². The first-order chi connectivity index (χ1) is 41.1. The van der Waals surface area contributed by atoms with Gasteiger partial charge in [0.25, 0.3) is 5.56 Å². The maximum Gasteiger partial charge on any atom is 0.263 e. The summed E-state index contributed by atoms with van der Waals surface area (Å²) in [5, 5.41) is 15.5. The first kappa shape index (κ1) is 62.6. The molecule has 4 fully saturated rings. The molecule has 5 aromatic rings. The van der Waals surface area contributed by atoms with E-state index < -0.39 is 32.9 Å². The molecule has 6 heterocycles. The number of aryl methyl sites for hydroxylation is 1. The Morgan fingerprint density at radius 3 is 1.97 bits per heavy atom. The maximum absolute atomic E-state index is 15.1. The number of hydrogen-bond donors (Lipinski definition) is 2. The quantitative estimate of drug-likeness (QED) is 0.0518. The molecule has 2 aliphatic carbocycles. The van der Waals surface area contributed by atoms with Gasteiger partial charge in [-0.15, -0.1) is 0 Å². The number of carbonyl (C=O) groups is 4. The minimum Gasteiger partial charge on any atom is -0.513 e. The average molecular weight is 1230 g/mol. The van der Waals surface area contributed by atoms with Gasteiger partial charge in [-0.1, -0.05) is 113 Å². The second-order valence-electron chi connectivity index (χ2n) is 25.5. The van der Waals surface area contributed by atoms with Gasteiger partial charge in [-0.25, -0.2) is 18.4 Å². The number of amides is 3. The number of sulfonamides is 1. The maximum atomic E-state index is 15.1. The monoisotopic (exact) mass is 1230 g/mol. The summed E-state index contributed by atoms with van der Waals surface area (Å²) in [5.74, 6) is 0.153. The number of aliphatic hydroxyl groups is 1. The fourth-order valence-electron chi connectivity index (χ4n) is 13.8. The number of hydrogen-bond acceptors (Lipinski definition) is 13. The van der Waals surface area contributed by atoms with Crippen molar-refractivity contribution in [3.63, 3.8) is 0 Å². The number of halogens is 2. The highest BCUT2D eigenvalue weighted by Crippen LogP contribution is 2.58. The van der Waals surface area contributed by atoms with E-state index in [9.17, 15) is 32.7 Å². The molecule has 18 nitrogen and oxygen atoms in total. The summed E-state index contributed by atoms with van der Waals surface area (Å²) >= 11 is 13.0. The number of aliphatic hydroxyl groups excluding tert-OH is 1. The second kappa shape index (κ2) is 26.5. The smallest absolute Gasteiger partial charge is 0.263 e. The summed E-state index contributed by atoms with van der Waals surface area (Å²) in [4.78, 5) is 89.6. The zero-order valence-corrected chi connectivity index (χ0v) is 52.6. The number of carbonyl (C=O) groups excluding carboxylic acids is 4. The molecule has 0 radical (unpaired) electrons. The lowest BCUT2D eigenvalue weighted by molar-refractivity contribution is -0.157. The molecule has 3 aliphatic heterocycles. The molecule has 3 amide bonds. The largest absolute Gasteiger partial charge is 0.513 e. The minimum absolute atomic E-state index is 0.0144. The van der Waals surface area contributed by atoms with Gasteiger partial charge in [-0.05, 0) is 111 Å². The number of pyridine rings is 2. The molecule has 3 saturated heterocycles. The van der Waals surface area contributed by atoms with Crippen LogP contribution >= 0.6 is 23.2 Å². The van der Waals surface area contributed by atoms with Gasteiger partial charge in [0, 0.05) is 105 Å². The third-order valence-electron chi connectivity index (χ3n) is 18.6. The van der Waals surface area contributed by atoms with Gasteiger partial charge in [-0.2, -0.15) is 9.29 Å². The number of rotatable bonds is 21. The number of aromatic nitrogens is 4. The van der Waals surface area contributed by atoms with Crippen LogP contribution in [0.3, 0.4) is 0 Å². The Bertz CT molecular complexity index is 3520. The van der Waals surface area contributed by atoms with E-state index in [-0.39, 0.29) is 77.6 Å². The second-order valence-corrected chi connectivity index (χ2v) is 28.3. The predicted octanol–water partition coefficient (Wildman–Crippen LogP) is 11.5. The molecule has 0 bridgehead atoms. The molecule has 86 heavy (non-hydrogen) atoms. The van der Waals surface area contributed by atoms with E-state index in [2.05, 4.69) is 20.2 Å². The topological polar surface area (TPSA) is 212 Å². The number of allylic oxidation sites excluding steroid dienone is 1. The van der Waals surface area contributed by atoms with Crippen LogP contribution in [0.15, 0.2) is 89.7 Å². The Balaban J connectivity index is 0.632. The zero-order valence-electron chi connectivity index (χ0n) is 50.3. The molecule has 0 unspecified atom stereocenters. The van der Waals surface area contributed by atoms with E-state index in [1.807, 2.05) is 68.1 Å². The van der Waals surface area contributed by atoms with Crippen molar-refractivity contribution in [2.75, 3.05) is 68.3 Å². The van der Waals surface area contributed by atoms with Crippen LogP contribution in [0.5, 0.6) is 0 Å². The number of unbranched alkanes of at least 4 members (excludes halogenated alkanes) is 6. The first-order valence-electron chi connectivity index (χ1n) is 30.8. The van der Waals surface area contributed by atoms with Crippen molar-refractivity contribution in [3.05, 3.63) is 128 Å². The molecule has 3 aromatic heterocycles. The molecule has 5 aliphatic rings. The molecule has 1 saturated carbocycles. The SMILES string of the molecule is CC(=O)c1c(C)c2cnc(Nc3ccc(N4CCN(C(=O)CCCCCCCCCC(=O)N5CCN(S(=O)(=O)C[C@@H](N6C(=O)[C@]7(C=C(O)C7)C[C@H](c7cccc(Cl)c7)[C@H]6c6ccc(Cl)cc6)C(C)(C)C)CC5)CC4)cn3)nc2n(C2CCCC2)c1=O. The lowest BCUT2D eigenvalue weighted by Crippen LogP contribution is -2.62. The summed E-state index contributed by atoms with van der Waals surface area (Å²) in [5.41, 5.74) is 2.02. The molecule has 2 aromatic carbocycles. The number of piperazine rings is 2. The van der Waals surface area contributed by atoms with Gasteiger partial charge in [-0.3, -0.25) is 28.5 Å². The first-order valence-corrected chi connectivity index (χ1v) is 33.2. The van der Waals surface area contributed by atoms with Crippen molar-refractivity contribution >= 4 is 85.2 Å². The summed E-state index contributed by atoms with van der Waals surface area (Å²) < 4.78 is 32.4. The number of piperidine rings is 1. The molecule has 4 atom stereocenters. The standard InChI is InChI=1S/C65H82Cl2N10O8S/c1-43-53-41-69-63(71-60(53)76(49-18-13-14-19-49)61(82)58(43)44(2)78)70-55-27-26-50(40-68-55)72-28-30-73(31-29-72)56(80)20-11-9-7-6-8-10-12-21-57(81)74-32-34-75(35-33-74)86(84,85)42-54(64(3,4)5)77-59(45-22-24-47(66)25-23-45)52(46-16-15-17-48(67)36-46)39-65(62(77)83)37-51(79)38-65/h15-17,22-27,36-37,40-41,49,52,54,59,79H,6-14,18-21,28-35,38-39,42H2,1-5H3,(H,68,69,70,71)/t52-,54-,59-,65+/m1/s1. The van der Waals surface area contributed by atoms with Crippen LogP contribution in [0.2, 0.25) is 10.0 Å². The lowest BCUT2D eigenvalue weighted by Gasteiger charge is -2.56. The third-order valence-corrected chi connectivity index (χ3v) is 20.9. The fraction of sp³-hybridized carbons (Fsp3) is 0.538. The number of fused-ring (bicyclic) bond motifs is 1. The highest BCUT2D eigenvalue weighted by molar-refractivity contribution is 7.89. The number of nitrogens with one attached hydrogen (secondary N) is 1. The van der Waals surface area contributed by atoms with Crippen molar-refractivity contribution in [2.24, 2.45) is 10.8 Å². The van der Waals surface area contributed by atoms with Gasteiger partial charge < -0.3 is 30.0 Å². The van der Waals surface area contributed by atoms with Crippen molar-refractivity contribution < 1.29 is 32.7 Å². The zero-order chi connectivity index (χ0) is 61.1. The van der Waals surface area contributed by atoms with Crippen LogP contribution in [0.25, 0.3) is 11.0 Å². The molecule has 21 heteroatoms. The van der Waals surface area contributed by atoms with Crippen molar-refractivity contribution in [1.82, 2.24) is 38.5 Å². The number of likely N-dealkylation sites (tertiary alicyclic amines) is 1. The minimum atomic E-state index is -3.95. The average Bonchev–Trinajstić information content (AvgIpc) is 0.760. The normalized spacial score (nSPS) is 21.0. The van der Waals surface area contributed by atoms with E-state index in [4.69, 9.17) is 28.2 Å². The summed E-state index contributed by atoms with van der Waals surface area (Å²) in [6.45, 7) is 12.7. The molecule has 10 rings (SSSR count). The van der Waals surface area contributed by atoms with Gasteiger partial charge in [0.15, 0.2) is 5.78 Å². The Hall–Kier alpha value is -6.41. The molecule has 2 N–H and O–H groups in total.